The van der Waals surface area contributed by atoms with Gasteiger partial charge in [0.25, 0.3) is 0 Å². The molecule has 21 heavy (non-hydrogen) atoms. The SMILES string of the molecule is [O]Cc1cc(Cl)cc2ccc3c4c(ccc3c12)CCCC4. The summed E-state index contributed by atoms with van der Waals surface area (Å²) in [6.07, 6.45) is 4.88. The van der Waals surface area contributed by atoms with E-state index in [1.807, 2.05) is 12.1 Å². The highest BCUT2D eigenvalue weighted by molar-refractivity contribution is 6.32. The Hall–Kier alpha value is -1.57. The predicted octanol–water partition coefficient (Wildman–Crippen LogP) is 5.46. The summed E-state index contributed by atoms with van der Waals surface area (Å²) >= 11 is 6.13. The topological polar surface area (TPSA) is 19.9 Å². The maximum Gasteiger partial charge on any atom is 0.108 e. The minimum atomic E-state index is -0.229. The molecule has 0 saturated heterocycles. The van der Waals surface area contributed by atoms with Crippen molar-refractivity contribution >= 4 is 33.1 Å². The van der Waals surface area contributed by atoms with Crippen LogP contribution < -0.4 is 0 Å². The van der Waals surface area contributed by atoms with Crippen LogP contribution in [0.1, 0.15) is 29.5 Å². The van der Waals surface area contributed by atoms with E-state index in [2.05, 4.69) is 24.3 Å². The standard InChI is InChI=1S/C19H16ClO/c20-15-9-13-6-7-17-16-4-2-1-3-12(16)5-8-18(17)19(13)14(10-15)11-21/h5-10H,1-4,11H2. The lowest BCUT2D eigenvalue weighted by Gasteiger charge is -2.19. The third-order valence-corrected chi connectivity index (χ3v) is 4.86. The molecule has 2 heteroatoms. The quantitative estimate of drug-likeness (QED) is 0.532. The van der Waals surface area contributed by atoms with Gasteiger partial charge in [0.2, 0.25) is 0 Å². The van der Waals surface area contributed by atoms with E-state index in [0.29, 0.717) is 5.02 Å². The first kappa shape index (κ1) is 13.1. The largest absolute Gasteiger partial charge is 0.232 e. The Morgan fingerprint density at radius 2 is 1.76 bits per heavy atom. The molecule has 1 aliphatic carbocycles. The summed E-state index contributed by atoms with van der Waals surface area (Å²) in [5.74, 6) is 0. The summed E-state index contributed by atoms with van der Waals surface area (Å²) in [6, 6.07) is 12.5. The third-order valence-electron chi connectivity index (χ3n) is 4.65. The van der Waals surface area contributed by atoms with Crippen LogP contribution in [0.3, 0.4) is 0 Å². The molecule has 1 aliphatic rings. The molecule has 0 spiro atoms. The van der Waals surface area contributed by atoms with E-state index in [0.717, 1.165) is 22.8 Å². The molecule has 3 aromatic carbocycles. The zero-order chi connectivity index (χ0) is 14.4. The lowest BCUT2D eigenvalue weighted by Crippen LogP contribution is -2.03. The van der Waals surface area contributed by atoms with E-state index in [9.17, 15) is 5.11 Å². The number of fused-ring (bicyclic) bond motifs is 5. The Labute approximate surface area is 129 Å². The van der Waals surface area contributed by atoms with E-state index >= 15 is 0 Å². The fraction of sp³-hybridized carbons (Fsp3) is 0.263. The Kier molecular flexibility index (Phi) is 3.13. The molecule has 0 saturated carbocycles. The Morgan fingerprint density at radius 1 is 0.952 bits per heavy atom. The van der Waals surface area contributed by atoms with Gasteiger partial charge in [0, 0.05) is 5.02 Å². The number of benzene rings is 3. The van der Waals surface area contributed by atoms with E-state index in [1.54, 1.807) is 0 Å². The maximum atomic E-state index is 11.6. The Balaban J connectivity index is 2.14. The van der Waals surface area contributed by atoms with Crippen molar-refractivity contribution in [2.24, 2.45) is 0 Å². The van der Waals surface area contributed by atoms with Gasteiger partial charge in [0.15, 0.2) is 0 Å². The first-order chi connectivity index (χ1) is 10.3. The van der Waals surface area contributed by atoms with Gasteiger partial charge in [-0.1, -0.05) is 35.9 Å². The van der Waals surface area contributed by atoms with Gasteiger partial charge in [-0.15, -0.1) is 0 Å². The number of aryl methyl sites for hydroxylation is 2. The number of hydrogen-bond donors (Lipinski definition) is 0. The van der Waals surface area contributed by atoms with Crippen LogP contribution in [-0.4, -0.2) is 0 Å². The number of halogens is 1. The van der Waals surface area contributed by atoms with Gasteiger partial charge in [0.05, 0.1) is 0 Å². The van der Waals surface area contributed by atoms with Crippen LogP contribution in [0.4, 0.5) is 0 Å². The second-order valence-electron chi connectivity index (χ2n) is 5.88. The summed E-state index contributed by atoms with van der Waals surface area (Å²) < 4.78 is 0. The first-order valence-corrected chi connectivity index (χ1v) is 7.89. The lowest BCUT2D eigenvalue weighted by atomic mass is 9.86. The van der Waals surface area contributed by atoms with Crippen LogP contribution >= 0.6 is 11.6 Å². The summed E-state index contributed by atoms with van der Waals surface area (Å²) in [4.78, 5) is 0. The van der Waals surface area contributed by atoms with Crippen molar-refractivity contribution in [2.75, 3.05) is 0 Å². The van der Waals surface area contributed by atoms with Gasteiger partial charge in [-0.05, 0) is 76.1 Å². The van der Waals surface area contributed by atoms with Gasteiger partial charge in [-0.3, -0.25) is 0 Å². The molecule has 0 unspecified atom stereocenters. The zero-order valence-electron chi connectivity index (χ0n) is 11.8. The first-order valence-electron chi connectivity index (χ1n) is 7.51. The molecule has 0 atom stereocenters. The minimum Gasteiger partial charge on any atom is -0.232 e. The van der Waals surface area contributed by atoms with Crippen LogP contribution in [0.25, 0.3) is 21.5 Å². The van der Waals surface area contributed by atoms with E-state index in [-0.39, 0.29) is 6.61 Å². The van der Waals surface area contributed by atoms with Crippen LogP contribution in [0, 0.1) is 0 Å². The smallest absolute Gasteiger partial charge is 0.108 e. The van der Waals surface area contributed by atoms with Gasteiger partial charge in [-0.25, -0.2) is 5.11 Å². The highest BCUT2D eigenvalue weighted by atomic mass is 35.5. The molecule has 0 bridgehead atoms. The van der Waals surface area contributed by atoms with Gasteiger partial charge in [0.1, 0.15) is 6.61 Å². The minimum absolute atomic E-state index is 0.229. The molecule has 105 valence electrons. The second kappa shape index (κ2) is 5.01. The predicted molar refractivity (Wildman–Crippen MR) is 87.5 cm³/mol. The van der Waals surface area contributed by atoms with Crippen molar-refractivity contribution < 1.29 is 5.11 Å². The summed E-state index contributed by atoms with van der Waals surface area (Å²) in [5.41, 5.74) is 3.76. The van der Waals surface area contributed by atoms with E-state index in [1.165, 1.54) is 41.2 Å². The van der Waals surface area contributed by atoms with E-state index in [4.69, 9.17) is 11.6 Å². The summed E-state index contributed by atoms with van der Waals surface area (Å²) in [6.45, 7) is -0.229. The molecule has 1 radical (unpaired) electrons. The molecule has 0 aromatic heterocycles. The van der Waals surface area contributed by atoms with Crippen molar-refractivity contribution in [3.63, 3.8) is 0 Å². The van der Waals surface area contributed by atoms with Crippen molar-refractivity contribution in [2.45, 2.75) is 32.3 Å². The molecular formula is C19H16ClO. The second-order valence-corrected chi connectivity index (χ2v) is 6.31. The Morgan fingerprint density at radius 3 is 2.62 bits per heavy atom. The average Bonchev–Trinajstić information content (AvgIpc) is 2.53. The van der Waals surface area contributed by atoms with Gasteiger partial charge >= 0.3 is 0 Å². The highest BCUT2D eigenvalue weighted by Crippen LogP contribution is 2.36. The third kappa shape index (κ3) is 2.04. The van der Waals surface area contributed by atoms with Gasteiger partial charge < -0.3 is 0 Å². The molecule has 0 amide bonds. The normalized spacial score (nSPS) is 14.6. The number of hydrogen-bond acceptors (Lipinski definition) is 0. The monoisotopic (exact) mass is 295 g/mol. The molecule has 3 aromatic rings. The molecule has 0 N–H and O–H groups in total. The lowest BCUT2D eigenvalue weighted by molar-refractivity contribution is 0.179. The van der Waals surface area contributed by atoms with Crippen molar-refractivity contribution in [1.82, 2.24) is 0 Å². The van der Waals surface area contributed by atoms with E-state index < -0.39 is 0 Å². The summed E-state index contributed by atoms with van der Waals surface area (Å²) in [7, 11) is 0. The molecule has 0 heterocycles. The van der Waals surface area contributed by atoms with Crippen molar-refractivity contribution in [3.8, 4) is 0 Å². The van der Waals surface area contributed by atoms with Crippen LogP contribution in [-0.2, 0) is 24.6 Å². The fourth-order valence-electron chi connectivity index (χ4n) is 3.70. The molecular weight excluding hydrogens is 280 g/mol. The Bertz CT molecular complexity index is 851. The maximum absolute atomic E-state index is 11.6. The molecule has 4 rings (SSSR count). The fourth-order valence-corrected chi connectivity index (χ4v) is 3.95. The van der Waals surface area contributed by atoms with Crippen LogP contribution in [0.5, 0.6) is 0 Å². The highest BCUT2D eigenvalue weighted by Gasteiger charge is 2.15. The van der Waals surface area contributed by atoms with Crippen LogP contribution in [0.15, 0.2) is 36.4 Å². The van der Waals surface area contributed by atoms with Crippen LogP contribution in [0.2, 0.25) is 5.02 Å². The molecule has 1 nitrogen and oxygen atoms in total. The number of rotatable bonds is 1. The van der Waals surface area contributed by atoms with Gasteiger partial charge in [-0.2, -0.15) is 0 Å². The zero-order valence-corrected chi connectivity index (χ0v) is 12.5. The van der Waals surface area contributed by atoms with Crippen molar-refractivity contribution in [1.29, 1.82) is 0 Å². The summed E-state index contributed by atoms with van der Waals surface area (Å²) in [5, 5.41) is 16.9. The molecule has 0 fully saturated rings. The van der Waals surface area contributed by atoms with Crippen molar-refractivity contribution in [3.05, 3.63) is 58.1 Å². The average molecular weight is 296 g/mol. The molecule has 0 aliphatic heterocycles.